The van der Waals surface area contributed by atoms with Crippen LogP contribution in [0.25, 0.3) is 0 Å². The summed E-state index contributed by atoms with van der Waals surface area (Å²) in [6, 6.07) is 6.07. The molecule has 3 nitrogen and oxygen atoms in total. The normalized spacial score (nSPS) is 13.5. The summed E-state index contributed by atoms with van der Waals surface area (Å²) in [5.41, 5.74) is 8.95. The highest BCUT2D eigenvalue weighted by atomic mass is 16.1. The molecule has 0 saturated carbocycles. The molecule has 0 aromatic heterocycles. The topological polar surface area (TPSA) is 55.1 Å². The van der Waals surface area contributed by atoms with Crippen LogP contribution in [0.2, 0.25) is 0 Å². The van der Waals surface area contributed by atoms with Gasteiger partial charge in [-0.25, -0.2) is 0 Å². The number of amides is 1. The zero-order valence-corrected chi connectivity index (χ0v) is 10.2. The molecule has 3 heteroatoms. The van der Waals surface area contributed by atoms with Crippen LogP contribution in [0, 0.1) is 0 Å². The van der Waals surface area contributed by atoms with E-state index in [0.29, 0.717) is 13.1 Å². The van der Waals surface area contributed by atoms with E-state index >= 15 is 0 Å². The standard InChI is InChI=1S/C14H20N2O/c15-8-1-2-9-16-14(17)13-7-6-11-4-3-5-12(11)10-13/h6-7,10H,1-5,8-9,15H2,(H,16,17). The molecular weight excluding hydrogens is 212 g/mol. The fraction of sp³-hybridized carbons (Fsp3) is 0.500. The number of nitrogens with one attached hydrogen (secondary N) is 1. The molecule has 17 heavy (non-hydrogen) atoms. The number of carbonyl (C=O) groups is 1. The van der Waals surface area contributed by atoms with Crippen LogP contribution in [-0.2, 0) is 12.8 Å². The Morgan fingerprint density at radius 3 is 2.88 bits per heavy atom. The Kier molecular flexibility index (Phi) is 4.15. The predicted molar refractivity (Wildman–Crippen MR) is 69.1 cm³/mol. The van der Waals surface area contributed by atoms with Crippen LogP contribution in [-0.4, -0.2) is 19.0 Å². The minimum atomic E-state index is 0.0386. The summed E-state index contributed by atoms with van der Waals surface area (Å²) in [6.45, 7) is 1.40. The number of carbonyl (C=O) groups excluding carboxylic acids is 1. The molecule has 92 valence electrons. The Labute approximate surface area is 102 Å². The van der Waals surface area contributed by atoms with Gasteiger partial charge in [0.2, 0.25) is 0 Å². The monoisotopic (exact) mass is 232 g/mol. The number of rotatable bonds is 5. The van der Waals surface area contributed by atoms with Gasteiger partial charge in [0.1, 0.15) is 0 Å². The van der Waals surface area contributed by atoms with Gasteiger partial charge in [0.15, 0.2) is 0 Å². The van der Waals surface area contributed by atoms with Gasteiger partial charge in [-0.1, -0.05) is 6.07 Å². The Morgan fingerprint density at radius 2 is 2.06 bits per heavy atom. The molecule has 0 atom stereocenters. The molecule has 0 aliphatic heterocycles. The van der Waals surface area contributed by atoms with Crippen molar-refractivity contribution in [3.8, 4) is 0 Å². The second-order valence-corrected chi connectivity index (χ2v) is 4.59. The molecule has 0 fully saturated rings. The molecule has 1 amide bonds. The summed E-state index contributed by atoms with van der Waals surface area (Å²) >= 11 is 0. The van der Waals surface area contributed by atoms with Crippen LogP contribution < -0.4 is 11.1 Å². The van der Waals surface area contributed by atoms with E-state index in [4.69, 9.17) is 5.73 Å². The maximum atomic E-state index is 11.9. The molecule has 0 unspecified atom stereocenters. The van der Waals surface area contributed by atoms with Crippen molar-refractivity contribution >= 4 is 5.91 Å². The molecule has 1 aliphatic rings. The van der Waals surface area contributed by atoms with E-state index in [1.54, 1.807) is 0 Å². The lowest BCUT2D eigenvalue weighted by Gasteiger charge is -2.06. The van der Waals surface area contributed by atoms with Crippen molar-refractivity contribution in [3.63, 3.8) is 0 Å². The second-order valence-electron chi connectivity index (χ2n) is 4.59. The first kappa shape index (κ1) is 12.1. The van der Waals surface area contributed by atoms with E-state index in [9.17, 15) is 4.79 Å². The van der Waals surface area contributed by atoms with E-state index in [1.807, 2.05) is 12.1 Å². The van der Waals surface area contributed by atoms with E-state index < -0.39 is 0 Å². The Morgan fingerprint density at radius 1 is 1.24 bits per heavy atom. The first-order valence-corrected chi connectivity index (χ1v) is 6.41. The van der Waals surface area contributed by atoms with Gasteiger partial charge in [0.05, 0.1) is 0 Å². The minimum Gasteiger partial charge on any atom is -0.352 e. The molecular formula is C14H20N2O. The third-order valence-electron chi connectivity index (χ3n) is 3.28. The number of fused-ring (bicyclic) bond motifs is 1. The highest BCUT2D eigenvalue weighted by Gasteiger charge is 2.13. The van der Waals surface area contributed by atoms with Crippen LogP contribution >= 0.6 is 0 Å². The molecule has 0 heterocycles. The van der Waals surface area contributed by atoms with E-state index in [0.717, 1.165) is 31.2 Å². The van der Waals surface area contributed by atoms with Crippen molar-refractivity contribution in [1.29, 1.82) is 0 Å². The average molecular weight is 232 g/mol. The largest absolute Gasteiger partial charge is 0.352 e. The average Bonchev–Trinajstić information content (AvgIpc) is 2.81. The maximum absolute atomic E-state index is 11.9. The Bertz CT molecular complexity index is 401. The quantitative estimate of drug-likeness (QED) is 0.758. The summed E-state index contributed by atoms with van der Waals surface area (Å²) < 4.78 is 0. The lowest BCUT2D eigenvalue weighted by Crippen LogP contribution is -2.25. The summed E-state index contributed by atoms with van der Waals surface area (Å²) in [4.78, 5) is 11.9. The smallest absolute Gasteiger partial charge is 0.251 e. The molecule has 0 bridgehead atoms. The molecule has 0 saturated heterocycles. The van der Waals surface area contributed by atoms with E-state index in [-0.39, 0.29) is 5.91 Å². The van der Waals surface area contributed by atoms with Crippen LogP contribution in [0.15, 0.2) is 18.2 Å². The molecule has 0 spiro atoms. The molecule has 1 aliphatic carbocycles. The summed E-state index contributed by atoms with van der Waals surface area (Å²) in [7, 11) is 0. The fourth-order valence-corrected chi connectivity index (χ4v) is 2.29. The van der Waals surface area contributed by atoms with Crippen LogP contribution in [0.5, 0.6) is 0 Å². The number of hydrogen-bond acceptors (Lipinski definition) is 2. The molecule has 0 radical (unpaired) electrons. The second kappa shape index (κ2) is 5.82. The van der Waals surface area contributed by atoms with Crippen molar-refractivity contribution in [1.82, 2.24) is 5.32 Å². The van der Waals surface area contributed by atoms with Gasteiger partial charge in [-0.15, -0.1) is 0 Å². The van der Waals surface area contributed by atoms with Crippen molar-refractivity contribution in [3.05, 3.63) is 34.9 Å². The SMILES string of the molecule is NCCCCNC(=O)c1ccc2c(c1)CCC2. The molecule has 2 rings (SSSR count). The number of hydrogen-bond donors (Lipinski definition) is 2. The highest BCUT2D eigenvalue weighted by Crippen LogP contribution is 2.22. The van der Waals surface area contributed by atoms with Gasteiger partial charge < -0.3 is 11.1 Å². The lowest BCUT2D eigenvalue weighted by molar-refractivity contribution is 0.0953. The predicted octanol–water partition coefficient (Wildman–Crippen LogP) is 1.64. The Balaban J connectivity index is 1.91. The number of nitrogens with two attached hydrogens (primary N) is 1. The highest BCUT2D eigenvalue weighted by molar-refractivity contribution is 5.94. The van der Waals surface area contributed by atoms with Crippen molar-refractivity contribution in [2.24, 2.45) is 5.73 Å². The van der Waals surface area contributed by atoms with Gasteiger partial charge in [0.25, 0.3) is 5.91 Å². The molecule has 1 aromatic rings. The summed E-state index contributed by atoms with van der Waals surface area (Å²) in [5.74, 6) is 0.0386. The van der Waals surface area contributed by atoms with Gasteiger partial charge in [-0.05, 0) is 61.9 Å². The molecule has 1 aromatic carbocycles. The first-order chi connectivity index (χ1) is 8.31. The van der Waals surface area contributed by atoms with Gasteiger partial charge >= 0.3 is 0 Å². The lowest BCUT2D eigenvalue weighted by atomic mass is 10.1. The van der Waals surface area contributed by atoms with Crippen LogP contribution in [0.4, 0.5) is 0 Å². The summed E-state index contributed by atoms with van der Waals surface area (Å²) in [5, 5.41) is 2.93. The number of benzene rings is 1. The van der Waals surface area contributed by atoms with Gasteiger partial charge in [-0.3, -0.25) is 4.79 Å². The molecule has 3 N–H and O–H groups in total. The maximum Gasteiger partial charge on any atom is 0.251 e. The first-order valence-electron chi connectivity index (χ1n) is 6.41. The Hall–Kier alpha value is -1.35. The summed E-state index contributed by atoms with van der Waals surface area (Å²) in [6.07, 6.45) is 5.41. The van der Waals surface area contributed by atoms with Crippen molar-refractivity contribution in [2.75, 3.05) is 13.1 Å². The van der Waals surface area contributed by atoms with E-state index in [1.165, 1.54) is 17.5 Å². The third-order valence-corrected chi connectivity index (χ3v) is 3.28. The van der Waals surface area contributed by atoms with Crippen LogP contribution in [0.1, 0.15) is 40.7 Å². The van der Waals surface area contributed by atoms with Crippen molar-refractivity contribution < 1.29 is 4.79 Å². The van der Waals surface area contributed by atoms with E-state index in [2.05, 4.69) is 11.4 Å². The van der Waals surface area contributed by atoms with Crippen LogP contribution in [0.3, 0.4) is 0 Å². The number of aryl methyl sites for hydroxylation is 2. The minimum absolute atomic E-state index is 0.0386. The zero-order valence-electron chi connectivity index (χ0n) is 10.2. The number of unbranched alkanes of at least 4 members (excludes halogenated alkanes) is 1. The fourth-order valence-electron chi connectivity index (χ4n) is 2.29. The van der Waals surface area contributed by atoms with Crippen molar-refractivity contribution in [2.45, 2.75) is 32.1 Å². The van der Waals surface area contributed by atoms with Gasteiger partial charge in [-0.2, -0.15) is 0 Å². The third kappa shape index (κ3) is 3.07. The van der Waals surface area contributed by atoms with Gasteiger partial charge in [0, 0.05) is 12.1 Å². The zero-order chi connectivity index (χ0) is 12.1.